The Balaban J connectivity index is 2.39. The molecule has 0 aliphatic carbocycles. The molecule has 2 atom stereocenters. The van der Waals surface area contributed by atoms with Gasteiger partial charge in [-0.3, -0.25) is 4.99 Å². The summed E-state index contributed by atoms with van der Waals surface area (Å²) in [6.07, 6.45) is 3.50. The third-order valence-corrected chi connectivity index (χ3v) is 4.55. The molecular formula is C16H29N3OS. The van der Waals surface area contributed by atoms with E-state index in [1.165, 1.54) is 24.2 Å². The minimum absolute atomic E-state index is 0.269. The minimum atomic E-state index is -0.957. The van der Waals surface area contributed by atoms with Gasteiger partial charge in [0.1, 0.15) is 5.60 Å². The molecule has 0 aliphatic rings. The molecule has 0 spiro atoms. The highest BCUT2D eigenvalue weighted by Gasteiger charge is 2.23. The second-order valence-electron chi connectivity index (χ2n) is 6.32. The second-order valence-corrected chi connectivity index (χ2v) is 7.27. The van der Waals surface area contributed by atoms with Crippen molar-refractivity contribution in [3.8, 4) is 0 Å². The molecule has 0 aromatic carbocycles. The van der Waals surface area contributed by atoms with E-state index in [1.54, 1.807) is 6.92 Å². The summed E-state index contributed by atoms with van der Waals surface area (Å²) in [5.74, 6) is 1.15. The highest BCUT2D eigenvalue weighted by molar-refractivity contribution is 7.10. The first-order chi connectivity index (χ1) is 9.81. The molecule has 0 bridgehead atoms. The molecule has 1 rings (SSSR count). The van der Waals surface area contributed by atoms with Crippen LogP contribution in [0.1, 0.15) is 51.8 Å². The molecule has 4 N–H and O–H groups in total. The lowest BCUT2D eigenvalue weighted by atomic mass is 10.0. The topological polar surface area (TPSA) is 70.6 Å². The van der Waals surface area contributed by atoms with Crippen molar-refractivity contribution in [3.05, 3.63) is 22.4 Å². The van der Waals surface area contributed by atoms with E-state index < -0.39 is 5.60 Å². The van der Waals surface area contributed by atoms with Gasteiger partial charge in [0, 0.05) is 10.9 Å². The highest BCUT2D eigenvalue weighted by Crippen LogP contribution is 2.25. The number of hydrogen-bond donors (Lipinski definition) is 3. The minimum Gasteiger partial charge on any atom is -0.383 e. The van der Waals surface area contributed by atoms with E-state index in [0.29, 0.717) is 12.0 Å². The summed E-state index contributed by atoms with van der Waals surface area (Å²) in [5.41, 5.74) is 4.94. The van der Waals surface area contributed by atoms with Gasteiger partial charge in [-0.15, -0.1) is 11.3 Å². The lowest BCUT2D eigenvalue weighted by Crippen LogP contribution is -2.39. The molecule has 120 valence electrons. The van der Waals surface area contributed by atoms with E-state index in [2.05, 4.69) is 31.1 Å². The Kier molecular flexibility index (Phi) is 7.18. The number of nitrogens with two attached hydrogens (primary N) is 1. The average Bonchev–Trinajstić information content (AvgIpc) is 2.90. The first-order valence-corrected chi connectivity index (χ1v) is 8.52. The van der Waals surface area contributed by atoms with Crippen molar-refractivity contribution in [2.24, 2.45) is 16.6 Å². The van der Waals surface area contributed by atoms with Crippen molar-refractivity contribution >= 4 is 17.3 Å². The van der Waals surface area contributed by atoms with Crippen molar-refractivity contribution in [3.63, 3.8) is 0 Å². The van der Waals surface area contributed by atoms with Crippen LogP contribution < -0.4 is 11.1 Å². The van der Waals surface area contributed by atoms with Crippen LogP contribution in [0.2, 0.25) is 0 Å². The largest absolute Gasteiger partial charge is 0.383 e. The van der Waals surface area contributed by atoms with Crippen LogP contribution in [0.15, 0.2) is 22.5 Å². The number of thiophene rings is 1. The molecule has 0 saturated heterocycles. The van der Waals surface area contributed by atoms with Gasteiger partial charge in [0.05, 0.1) is 6.54 Å². The van der Waals surface area contributed by atoms with E-state index in [1.807, 2.05) is 17.5 Å². The van der Waals surface area contributed by atoms with E-state index in [4.69, 9.17) is 5.73 Å². The number of nitrogens with zero attached hydrogens (tertiary/aromatic N) is 1. The average molecular weight is 311 g/mol. The van der Waals surface area contributed by atoms with Crippen molar-refractivity contribution < 1.29 is 5.11 Å². The zero-order valence-corrected chi connectivity index (χ0v) is 14.4. The normalized spacial score (nSPS) is 16.8. The molecule has 1 heterocycles. The Morgan fingerprint density at radius 2 is 2.14 bits per heavy atom. The zero-order chi connectivity index (χ0) is 15.9. The van der Waals surface area contributed by atoms with Gasteiger partial charge in [0.2, 0.25) is 0 Å². The van der Waals surface area contributed by atoms with Gasteiger partial charge in [-0.1, -0.05) is 32.8 Å². The molecular weight excluding hydrogens is 282 g/mol. The van der Waals surface area contributed by atoms with Gasteiger partial charge < -0.3 is 16.2 Å². The maximum absolute atomic E-state index is 10.4. The molecule has 0 saturated carbocycles. The molecule has 0 amide bonds. The highest BCUT2D eigenvalue weighted by atomic mass is 32.1. The number of aliphatic hydroxyl groups is 1. The summed E-state index contributed by atoms with van der Waals surface area (Å²) in [6, 6.07) is 4.15. The Bertz CT molecular complexity index is 427. The standard InChI is InChI=1S/C16H29N3OS/c1-12(2)7-5-8-13(3)19-15(17)18-11-16(4,20)14-9-6-10-21-14/h6,9-10,12-13,20H,5,7-8,11H2,1-4H3,(H3,17,18,19). The summed E-state index contributed by atoms with van der Waals surface area (Å²) in [7, 11) is 0. The van der Waals surface area contributed by atoms with Gasteiger partial charge >= 0.3 is 0 Å². The molecule has 0 fully saturated rings. The summed E-state index contributed by atoms with van der Waals surface area (Å²) >= 11 is 1.53. The van der Waals surface area contributed by atoms with E-state index in [9.17, 15) is 5.11 Å². The van der Waals surface area contributed by atoms with Gasteiger partial charge in [0.25, 0.3) is 0 Å². The van der Waals surface area contributed by atoms with Gasteiger partial charge in [-0.2, -0.15) is 0 Å². The SMILES string of the molecule is CC(C)CCCC(C)NC(N)=NCC(C)(O)c1cccs1. The molecule has 5 heteroatoms. The first kappa shape index (κ1) is 18.0. The van der Waals surface area contributed by atoms with Crippen LogP contribution in [0.4, 0.5) is 0 Å². The molecule has 0 aliphatic heterocycles. The fraction of sp³-hybridized carbons (Fsp3) is 0.688. The second kappa shape index (κ2) is 8.39. The van der Waals surface area contributed by atoms with Crippen molar-refractivity contribution in [1.82, 2.24) is 5.32 Å². The van der Waals surface area contributed by atoms with Crippen LogP contribution in [0.5, 0.6) is 0 Å². The van der Waals surface area contributed by atoms with Crippen LogP contribution >= 0.6 is 11.3 Å². The van der Waals surface area contributed by atoms with E-state index >= 15 is 0 Å². The maximum atomic E-state index is 10.4. The number of guanidine groups is 1. The van der Waals surface area contributed by atoms with Crippen LogP contribution in [-0.4, -0.2) is 23.7 Å². The third-order valence-electron chi connectivity index (χ3n) is 3.42. The molecule has 21 heavy (non-hydrogen) atoms. The predicted molar refractivity (Wildman–Crippen MR) is 91.7 cm³/mol. The van der Waals surface area contributed by atoms with E-state index in [0.717, 1.165) is 17.2 Å². The van der Waals surface area contributed by atoms with Crippen LogP contribution in [-0.2, 0) is 5.60 Å². The molecule has 2 unspecified atom stereocenters. The Hall–Kier alpha value is -1.07. The summed E-state index contributed by atoms with van der Waals surface area (Å²) in [4.78, 5) is 5.18. The monoisotopic (exact) mass is 311 g/mol. The molecule has 1 aromatic heterocycles. The smallest absolute Gasteiger partial charge is 0.188 e. The lowest BCUT2D eigenvalue weighted by Gasteiger charge is -2.20. The van der Waals surface area contributed by atoms with Crippen LogP contribution in [0, 0.1) is 5.92 Å². The van der Waals surface area contributed by atoms with Gasteiger partial charge in [0.15, 0.2) is 5.96 Å². The van der Waals surface area contributed by atoms with Crippen molar-refractivity contribution in [2.45, 2.75) is 58.6 Å². The Labute approximate surface area is 132 Å². The summed E-state index contributed by atoms with van der Waals surface area (Å²) in [6.45, 7) is 8.62. The third kappa shape index (κ3) is 6.96. The summed E-state index contributed by atoms with van der Waals surface area (Å²) in [5, 5.41) is 15.5. The van der Waals surface area contributed by atoms with Crippen LogP contribution in [0.25, 0.3) is 0 Å². The van der Waals surface area contributed by atoms with E-state index in [-0.39, 0.29) is 6.54 Å². The first-order valence-electron chi connectivity index (χ1n) is 7.64. The Morgan fingerprint density at radius 1 is 1.43 bits per heavy atom. The van der Waals surface area contributed by atoms with Gasteiger partial charge in [-0.05, 0) is 37.6 Å². The maximum Gasteiger partial charge on any atom is 0.188 e. The number of nitrogens with one attached hydrogen (secondary N) is 1. The van der Waals surface area contributed by atoms with Crippen LogP contribution in [0.3, 0.4) is 0 Å². The van der Waals surface area contributed by atoms with Crippen molar-refractivity contribution in [2.75, 3.05) is 6.54 Å². The fourth-order valence-corrected chi connectivity index (χ4v) is 2.88. The number of aliphatic imine (C=N–C) groups is 1. The Morgan fingerprint density at radius 3 is 2.71 bits per heavy atom. The predicted octanol–water partition coefficient (Wildman–Crippen LogP) is 3.07. The number of rotatable bonds is 8. The quantitative estimate of drug-likeness (QED) is 0.510. The zero-order valence-electron chi connectivity index (χ0n) is 13.6. The lowest BCUT2D eigenvalue weighted by molar-refractivity contribution is 0.0712. The molecule has 1 aromatic rings. The number of hydrogen-bond acceptors (Lipinski definition) is 3. The molecule has 4 nitrogen and oxygen atoms in total. The fourth-order valence-electron chi connectivity index (χ4n) is 2.10. The molecule has 0 radical (unpaired) electrons. The van der Waals surface area contributed by atoms with Crippen molar-refractivity contribution in [1.29, 1.82) is 0 Å². The van der Waals surface area contributed by atoms with Gasteiger partial charge in [-0.25, -0.2) is 0 Å². The summed E-state index contributed by atoms with van der Waals surface area (Å²) < 4.78 is 0.